The smallest absolute Gasteiger partial charge is 0.280 e. The minimum atomic E-state index is -2.40. The molecule has 4 heterocycles. The fourth-order valence-corrected chi connectivity index (χ4v) is 4.84. The van der Waals surface area contributed by atoms with Gasteiger partial charge in [-0.1, -0.05) is 12.1 Å². The van der Waals surface area contributed by atoms with Crippen LogP contribution in [0.15, 0.2) is 53.4 Å². The molecule has 4 aromatic rings. The van der Waals surface area contributed by atoms with Gasteiger partial charge in [0, 0.05) is 36.7 Å². The third-order valence-electron chi connectivity index (χ3n) is 6.37. The van der Waals surface area contributed by atoms with Gasteiger partial charge >= 0.3 is 0 Å². The van der Waals surface area contributed by atoms with Crippen molar-refractivity contribution in [3.05, 3.63) is 64.9 Å². The molecule has 0 saturated carbocycles. The number of hydrogen-bond acceptors (Lipinski definition) is 7. The zero-order chi connectivity index (χ0) is 27.8. The number of fused-ring (bicyclic) bond motifs is 1. The van der Waals surface area contributed by atoms with Crippen molar-refractivity contribution in [2.24, 2.45) is 0 Å². The number of nitrogens with zero attached hydrogens (tertiary/aromatic N) is 6. The summed E-state index contributed by atoms with van der Waals surface area (Å²) in [6, 6.07) is 8.44. The molecule has 2 amide bonds. The number of amides is 2. The lowest BCUT2D eigenvalue weighted by atomic mass is 10.0. The lowest BCUT2D eigenvalue weighted by molar-refractivity contribution is -0.144. The van der Waals surface area contributed by atoms with Crippen LogP contribution in [0, 0.1) is 6.92 Å². The first-order chi connectivity index (χ1) is 18.6. The minimum absolute atomic E-state index is 0.0323. The predicted molar refractivity (Wildman–Crippen MR) is 141 cm³/mol. The maximum atomic E-state index is 15.8. The Morgan fingerprint density at radius 2 is 1.87 bits per heavy atom. The molecule has 1 aromatic carbocycles. The second-order valence-electron chi connectivity index (χ2n) is 9.11. The number of aromatic nitrogens is 5. The highest BCUT2D eigenvalue weighted by Gasteiger charge is 2.43. The largest absolute Gasteiger partial charge is 0.323 e. The number of alkyl halides is 2. The van der Waals surface area contributed by atoms with Crippen LogP contribution in [-0.4, -0.2) is 66.0 Å². The summed E-state index contributed by atoms with van der Waals surface area (Å²) in [5.41, 5.74) is 1.50. The summed E-state index contributed by atoms with van der Waals surface area (Å²) in [5, 5.41) is 6.97. The normalized spacial score (nSPS) is 17.8. The molecule has 0 aliphatic carbocycles. The number of rotatable bonds is 6. The standard InChI is InChI=1S/C26H22BrF2N7O3/c1-13(37)23-18-8-15(16-10-30-14(2)31-11-16)6-7-19(18)36(34-23)24(29)26(39)35-12-17(28)9-20(35)25(38)33-22-5-3-4-21(27)32-22/h3-8,10-11,17,20,24H,9,12H2,1-2H3,(H,32,33,38)/t17-,20+,24-/m1/s1. The van der Waals surface area contributed by atoms with Crippen molar-refractivity contribution in [1.29, 1.82) is 0 Å². The van der Waals surface area contributed by atoms with Gasteiger partial charge in [0.05, 0.1) is 12.1 Å². The van der Waals surface area contributed by atoms with Crippen LogP contribution in [0.25, 0.3) is 22.0 Å². The lowest BCUT2D eigenvalue weighted by Crippen LogP contribution is -2.45. The molecular formula is C26H22BrF2N7O3. The highest BCUT2D eigenvalue weighted by molar-refractivity contribution is 9.10. The number of carbonyl (C=O) groups excluding carboxylic acids is 3. The Kier molecular flexibility index (Phi) is 7.17. The molecular weight excluding hydrogens is 576 g/mol. The second kappa shape index (κ2) is 10.6. The first kappa shape index (κ1) is 26.5. The zero-order valence-corrected chi connectivity index (χ0v) is 22.4. The third-order valence-corrected chi connectivity index (χ3v) is 6.82. The summed E-state index contributed by atoms with van der Waals surface area (Å²) >= 11 is 3.20. The average molecular weight is 598 g/mol. The lowest BCUT2D eigenvalue weighted by Gasteiger charge is -2.25. The first-order valence-electron chi connectivity index (χ1n) is 12.0. The van der Waals surface area contributed by atoms with E-state index in [0.29, 0.717) is 26.9 Å². The van der Waals surface area contributed by atoms with Crippen molar-refractivity contribution in [1.82, 2.24) is 29.6 Å². The van der Waals surface area contributed by atoms with Crippen molar-refractivity contribution in [2.75, 3.05) is 11.9 Å². The highest BCUT2D eigenvalue weighted by Crippen LogP contribution is 2.31. The summed E-state index contributed by atoms with van der Waals surface area (Å²) in [4.78, 5) is 51.9. The van der Waals surface area contributed by atoms with Crippen LogP contribution < -0.4 is 5.32 Å². The van der Waals surface area contributed by atoms with Gasteiger partial charge in [-0.15, -0.1) is 0 Å². The van der Waals surface area contributed by atoms with Gasteiger partial charge < -0.3 is 10.2 Å². The molecule has 0 unspecified atom stereocenters. The zero-order valence-electron chi connectivity index (χ0n) is 20.8. The van der Waals surface area contributed by atoms with E-state index in [4.69, 9.17) is 0 Å². The number of likely N-dealkylation sites (tertiary alicyclic amines) is 1. The molecule has 1 N–H and O–H groups in total. The van der Waals surface area contributed by atoms with Crippen molar-refractivity contribution in [2.45, 2.75) is 38.8 Å². The van der Waals surface area contributed by atoms with Crippen LogP contribution in [0.5, 0.6) is 0 Å². The number of nitrogens with one attached hydrogen (secondary N) is 1. The summed E-state index contributed by atoms with van der Waals surface area (Å²) in [6.45, 7) is 2.58. The quantitative estimate of drug-likeness (QED) is 0.261. The SMILES string of the molecule is CC(=O)c1nn([C@@H](F)C(=O)N2C[C@H](F)C[C@H]2C(=O)Nc2cccc(Br)n2)c2ccc(-c3cnc(C)nc3)cc12. The molecule has 1 aliphatic rings. The van der Waals surface area contributed by atoms with Crippen LogP contribution in [0.2, 0.25) is 0 Å². The number of aryl methyl sites for hydroxylation is 1. The van der Waals surface area contributed by atoms with Crippen LogP contribution in [0.1, 0.15) is 36.0 Å². The fraction of sp³-hybridized carbons (Fsp3) is 0.269. The van der Waals surface area contributed by atoms with Crippen LogP contribution in [0.4, 0.5) is 14.6 Å². The van der Waals surface area contributed by atoms with E-state index in [1.807, 2.05) is 0 Å². The molecule has 10 nitrogen and oxygen atoms in total. The monoisotopic (exact) mass is 597 g/mol. The first-order valence-corrected chi connectivity index (χ1v) is 12.8. The molecule has 1 saturated heterocycles. The minimum Gasteiger partial charge on any atom is -0.323 e. The van der Waals surface area contributed by atoms with E-state index in [-0.39, 0.29) is 23.4 Å². The van der Waals surface area contributed by atoms with Crippen LogP contribution in [0.3, 0.4) is 0 Å². The van der Waals surface area contributed by atoms with E-state index in [1.54, 1.807) is 43.6 Å². The van der Waals surface area contributed by atoms with E-state index in [1.165, 1.54) is 19.1 Å². The maximum Gasteiger partial charge on any atom is 0.280 e. The third kappa shape index (κ3) is 5.26. The molecule has 0 bridgehead atoms. The Balaban J connectivity index is 1.45. The van der Waals surface area contributed by atoms with E-state index >= 15 is 4.39 Å². The van der Waals surface area contributed by atoms with Crippen LogP contribution >= 0.6 is 15.9 Å². The molecule has 0 spiro atoms. The maximum absolute atomic E-state index is 15.8. The van der Waals surface area contributed by atoms with E-state index in [9.17, 15) is 18.8 Å². The van der Waals surface area contributed by atoms with Gasteiger partial charge in [0.15, 0.2) is 5.78 Å². The molecule has 13 heteroatoms. The molecule has 3 aromatic heterocycles. The molecule has 3 atom stereocenters. The average Bonchev–Trinajstić information content (AvgIpc) is 3.49. The summed E-state index contributed by atoms with van der Waals surface area (Å²) in [7, 11) is 0. The second-order valence-corrected chi connectivity index (χ2v) is 9.92. The Labute approximate surface area is 229 Å². The van der Waals surface area contributed by atoms with Gasteiger partial charge in [0.2, 0.25) is 5.91 Å². The Morgan fingerprint density at radius 3 is 2.56 bits per heavy atom. The molecule has 0 radical (unpaired) electrons. The summed E-state index contributed by atoms with van der Waals surface area (Å²) in [6.07, 6.45) is -0.969. The van der Waals surface area contributed by atoms with Gasteiger partial charge in [-0.3, -0.25) is 14.4 Å². The molecule has 39 heavy (non-hydrogen) atoms. The molecule has 200 valence electrons. The van der Waals surface area contributed by atoms with Gasteiger partial charge in [-0.25, -0.2) is 28.4 Å². The van der Waals surface area contributed by atoms with Crippen molar-refractivity contribution in [3.63, 3.8) is 0 Å². The van der Waals surface area contributed by atoms with Gasteiger partial charge in [0.1, 0.15) is 34.2 Å². The number of hydrogen-bond donors (Lipinski definition) is 1. The van der Waals surface area contributed by atoms with E-state index in [0.717, 1.165) is 9.58 Å². The van der Waals surface area contributed by atoms with Crippen molar-refractivity contribution >= 4 is 50.2 Å². The van der Waals surface area contributed by atoms with Crippen molar-refractivity contribution in [3.8, 4) is 11.1 Å². The van der Waals surface area contributed by atoms with E-state index < -0.39 is 42.7 Å². The summed E-state index contributed by atoms with van der Waals surface area (Å²) in [5.74, 6) is -1.48. The van der Waals surface area contributed by atoms with Crippen LogP contribution in [-0.2, 0) is 9.59 Å². The Morgan fingerprint density at radius 1 is 1.13 bits per heavy atom. The molecule has 1 aliphatic heterocycles. The van der Waals surface area contributed by atoms with Gasteiger partial charge in [-0.05, 0) is 52.7 Å². The number of ketones is 1. The van der Waals surface area contributed by atoms with E-state index in [2.05, 4.69) is 41.3 Å². The highest BCUT2D eigenvalue weighted by atomic mass is 79.9. The summed E-state index contributed by atoms with van der Waals surface area (Å²) < 4.78 is 31.5. The van der Waals surface area contributed by atoms with Gasteiger partial charge in [-0.2, -0.15) is 5.10 Å². The Hall–Kier alpha value is -4.13. The topological polar surface area (TPSA) is 123 Å². The number of benzene rings is 1. The molecule has 5 rings (SSSR count). The van der Waals surface area contributed by atoms with Gasteiger partial charge in [0.25, 0.3) is 12.2 Å². The molecule has 1 fully saturated rings. The number of pyridine rings is 1. The Bertz CT molecular complexity index is 1590. The number of carbonyl (C=O) groups is 3. The fourth-order valence-electron chi connectivity index (χ4n) is 4.50. The predicted octanol–water partition coefficient (Wildman–Crippen LogP) is 4.21. The number of anilines is 1. The van der Waals surface area contributed by atoms with Crippen molar-refractivity contribution < 1.29 is 23.2 Å². The number of Topliss-reactive ketones (excluding diaryl/α,β-unsaturated/α-hetero) is 1. The number of halogens is 3.